The predicted octanol–water partition coefficient (Wildman–Crippen LogP) is 1.86. The van der Waals surface area contributed by atoms with Crippen LogP contribution in [-0.4, -0.2) is 17.1 Å². The van der Waals surface area contributed by atoms with Crippen molar-refractivity contribution < 1.29 is 9.90 Å². The monoisotopic (exact) mass is 247 g/mol. The van der Waals surface area contributed by atoms with E-state index in [-0.39, 0.29) is 12.4 Å². The van der Waals surface area contributed by atoms with Crippen molar-refractivity contribution in [1.29, 1.82) is 0 Å². The van der Waals surface area contributed by atoms with E-state index >= 15 is 0 Å². The molecule has 0 amide bonds. The first-order chi connectivity index (χ1) is 6.66. The van der Waals surface area contributed by atoms with E-state index in [0.29, 0.717) is 18.0 Å². The molecule has 2 N–H and O–H groups in total. The Morgan fingerprint density at radius 2 is 2.20 bits per heavy atom. The molecule has 1 unspecified atom stereocenters. The molecule has 0 aromatic heterocycles. The van der Waals surface area contributed by atoms with Gasteiger partial charge in [-0.15, -0.1) is 12.4 Å². The average molecular weight is 248 g/mol. The third-order valence-electron chi connectivity index (χ3n) is 2.43. The molecule has 82 valence electrons. The predicted molar refractivity (Wildman–Crippen MR) is 60.7 cm³/mol. The number of carbonyl (C=O) groups is 1. The second-order valence-corrected chi connectivity index (χ2v) is 3.83. The van der Waals surface area contributed by atoms with Crippen LogP contribution in [0.5, 0.6) is 0 Å². The van der Waals surface area contributed by atoms with Gasteiger partial charge in [0.15, 0.2) is 0 Å². The van der Waals surface area contributed by atoms with Crippen molar-refractivity contribution in [3.05, 3.63) is 34.3 Å². The zero-order valence-corrected chi connectivity index (χ0v) is 9.44. The van der Waals surface area contributed by atoms with Gasteiger partial charge in [0, 0.05) is 11.6 Å². The lowest BCUT2D eigenvalue weighted by Gasteiger charge is -2.23. The summed E-state index contributed by atoms with van der Waals surface area (Å²) >= 11 is 5.84. The first-order valence-electron chi connectivity index (χ1n) is 4.40. The standard InChI is InChI=1S/C10H10ClNO2.ClH/c11-8-2-1-6-5-12-9(10(13)14)4-7(6)3-8;/h1-3,9,12H,4-5H2,(H,13,14);1H. The number of carboxylic acids is 1. The van der Waals surface area contributed by atoms with Gasteiger partial charge in [-0.05, 0) is 29.7 Å². The number of halogens is 2. The van der Waals surface area contributed by atoms with Crippen LogP contribution in [0.15, 0.2) is 18.2 Å². The van der Waals surface area contributed by atoms with E-state index in [1.807, 2.05) is 18.2 Å². The molecule has 1 heterocycles. The number of fused-ring (bicyclic) bond motifs is 1. The summed E-state index contributed by atoms with van der Waals surface area (Å²) < 4.78 is 0. The Kier molecular flexibility index (Phi) is 3.97. The molecule has 0 radical (unpaired) electrons. The van der Waals surface area contributed by atoms with Gasteiger partial charge in [0.2, 0.25) is 0 Å². The van der Waals surface area contributed by atoms with Gasteiger partial charge in [0.1, 0.15) is 6.04 Å². The van der Waals surface area contributed by atoms with Gasteiger partial charge in [-0.2, -0.15) is 0 Å². The second kappa shape index (κ2) is 4.84. The molecule has 5 heteroatoms. The molecule has 0 saturated heterocycles. The van der Waals surface area contributed by atoms with Crippen molar-refractivity contribution in [1.82, 2.24) is 5.32 Å². The summed E-state index contributed by atoms with van der Waals surface area (Å²) in [6, 6.07) is 5.11. The zero-order valence-electron chi connectivity index (χ0n) is 7.87. The lowest BCUT2D eigenvalue weighted by Crippen LogP contribution is -2.41. The number of aliphatic carboxylic acids is 1. The SMILES string of the molecule is Cl.O=C(O)C1Cc2cc(Cl)ccc2CN1. The van der Waals surface area contributed by atoms with Crippen LogP contribution in [0.4, 0.5) is 0 Å². The Morgan fingerprint density at radius 3 is 2.87 bits per heavy atom. The summed E-state index contributed by atoms with van der Waals surface area (Å²) in [5.41, 5.74) is 2.16. The third-order valence-corrected chi connectivity index (χ3v) is 2.66. The smallest absolute Gasteiger partial charge is 0.321 e. The summed E-state index contributed by atoms with van der Waals surface area (Å²) in [6.07, 6.45) is 0.505. The van der Waals surface area contributed by atoms with Gasteiger partial charge in [-0.3, -0.25) is 4.79 Å². The normalized spacial score (nSPS) is 18.9. The topological polar surface area (TPSA) is 49.3 Å². The molecular formula is C10H11Cl2NO2. The number of rotatable bonds is 1. The molecule has 0 fully saturated rings. The summed E-state index contributed by atoms with van der Waals surface area (Å²) in [4.78, 5) is 10.8. The van der Waals surface area contributed by atoms with Crippen molar-refractivity contribution >= 4 is 30.0 Å². The molecule has 2 rings (SSSR count). The molecular weight excluding hydrogens is 237 g/mol. The van der Waals surface area contributed by atoms with Crippen molar-refractivity contribution in [2.75, 3.05) is 0 Å². The van der Waals surface area contributed by atoms with Gasteiger partial charge >= 0.3 is 5.97 Å². The van der Waals surface area contributed by atoms with Crippen LogP contribution in [0.2, 0.25) is 5.02 Å². The van der Waals surface area contributed by atoms with Gasteiger partial charge in [0.05, 0.1) is 0 Å². The molecule has 1 aliphatic rings. The molecule has 0 bridgehead atoms. The van der Waals surface area contributed by atoms with E-state index < -0.39 is 12.0 Å². The number of carboxylic acid groups (broad SMARTS) is 1. The minimum Gasteiger partial charge on any atom is -0.480 e. The highest BCUT2D eigenvalue weighted by Gasteiger charge is 2.23. The molecule has 1 atom stereocenters. The Hall–Kier alpha value is -0.770. The van der Waals surface area contributed by atoms with Crippen LogP contribution >= 0.6 is 24.0 Å². The van der Waals surface area contributed by atoms with Crippen LogP contribution in [-0.2, 0) is 17.8 Å². The van der Waals surface area contributed by atoms with Gasteiger partial charge < -0.3 is 10.4 Å². The van der Waals surface area contributed by atoms with Crippen molar-refractivity contribution in [2.24, 2.45) is 0 Å². The molecule has 0 aliphatic carbocycles. The number of hydrogen-bond donors (Lipinski definition) is 2. The molecule has 3 nitrogen and oxygen atoms in total. The van der Waals surface area contributed by atoms with Crippen LogP contribution in [0, 0.1) is 0 Å². The van der Waals surface area contributed by atoms with E-state index in [0.717, 1.165) is 11.1 Å². The Bertz CT molecular complexity index is 382. The molecule has 1 aromatic rings. The summed E-state index contributed by atoms with van der Waals surface area (Å²) in [5, 5.41) is 12.5. The van der Waals surface area contributed by atoms with E-state index in [4.69, 9.17) is 16.7 Å². The highest BCUT2D eigenvalue weighted by atomic mass is 35.5. The van der Waals surface area contributed by atoms with Crippen LogP contribution < -0.4 is 5.32 Å². The summed E-state index contributed by atoms with van der Waals surface area (Å²) in [6.45, 7) is 0.601. The van der Waals surface area contributed by atoms with Crippen molar-refractivity contribution in [2.45, 2.75) is 19.0 Å². The maximum Gasteiger partial charge on any atom is 0.321 e. The second-order valence-electron chi connectivity index (χ2n) is 3.39. The number of nitrogens with one attached hydrogen (secondary N) is 1. The van der Waals surface area contributed by atoms with Gasteiger partial charge in [0.25, 0.3) is 0 Å². The minimum atomic E-state index is -0.810. The minimum absolute atomic E-state index is 0. The fourth-order valence-electron chi connectivity index (χ4n) is 1.66. The molecule has 1 aromatic carbocycles. The molecule has 0 spiro atoms. The summed E-state index contributed by atoms with van der Waals surface area (Å²) in [7, 11) is 0. The van der Waals surface area contributed by atoms with Gasteiger partial charge in [-0.25, -0.2) is 0 Å². The largest absolute Gasteiger partial charge is 0.480 e. The average Bonchev–Trinajstić information content (AvgIpc) is 2.16. The lowest BCUT2D eigenvalue weighted by atomic mass is 9.96. The number of hydrogen-bond acceptors (Lipinski definition) is 2. The first-order valence-corrected chi connectivity index (χ1v) is 4.78. The number of benzene rings is 1. The van der Waals surface area contributed by atoms with E-state index in [9.17, 15) is 4.79 Å². The Labute approximate surface area is 98.8 Å². The van der Waals surface area contributed by atoms with Crippen LogP contribution in [0.3, 0.4) is 0 Å². The fourth-order valence-corrected chi connectivity index (χ4v) is 1.85. The van der Waals surface area contributed by atoms with E-state index in [2.05, 4.69) is 5.32 Å². The zero-order chi connectivity index (χ0) is 10.1. The van der Waals surface area contributed by atoms with E-state index in [1.54, 1.807) is 0 Å². The lowest BCUT2D eigenvalue weighted by molar-refractivity contribution is -0.139. The Balaban J connectivity index is 0.00000112. The molecule has 15 heavy (non-hydrogen) atoms. The maximum atomic E-state index is 10.8. The quantitative estimate of drug-likeness (QED) is 0.797. The molecule has 1 aliphatic heterocycles. The molecule has 0 saturated carbocycles. The van der Waals surface area contributed by atoms with Crippen molar-refractivity contribution in [3.8, 4) is 0 Å². The van der Waals surface area contributed by atoms with Crippen LogP contribution in [0.25, 0.3) is 0 Å². The third kappa shape index (κ3) is 2.62. The fraction of sp³-hybridized carbons (Fsp3) is 0.300. The highest BCUT2D eigenvalue weighted by molar-refractivity contribution is 6.30. The van der Waals surface area contributed by atoms with E-state index in [1.165, 1.54) is 0 Å². The first kappa shape index (κ1) is 12.3. The maximum absolute atomic E-state index is 10.8. The summed E-state index contributed by atoms with van der Waals surface area (Å²) in [5.74, 6) is -0.810. The van der Waals surface area contributed by atoms with Gasteiger partial charge in [-0.1, -0.05) is 17.7 Å². The highest BCUT2D eigenvalue weighted by Crippen LogP contribution is 2.20. The van der Waals surface area contributed by atoms with Crippen molar-refractivity contribution in [3.63, 3.8) is 0 Å². The van der Waals surface area contributed by atoms with Crippen LogP contribution in [0.1, 0.15) is 11.1 Å². The Morgan fingerprint density at radius 1 is 1.47 bits per heavy atom.